The normalized spacial score (nSPS) is 24.0. The van der Waals surface area contributed by atoms with E-state index in [1.54, 1.807) is 4.68 Å². The summed E-state index contributed by atoms with van der Waals surface area (Å²) < 4.78 is 1.74. The van der Waals surface area contributed by atoms with Crippen LogP contribution in [0.3, 0.4) is 0 Å². The predicted molar refractivity (Wildman–Crippen MR) is 108 cm³/mol. The highest BCUT2D eigenvalue weighted by Crippen LogP contribution is 2.37. The Morgan fingerprint density at radius 1 is 1.33 bits per heavy atom. The maximum atomic E-state index is 13.1. The van der Waals surface area contributed by atoms with Crippen molar-refractivity contribution >= 4 is 29.9 Å². The van der Waals surface area contributed by atoms with Gasteiger partial charge in [-0.05, 0) is 49.3 Å². The summed E-state index contributed by atoms with van der Waals surface area (Å²) in [5.41, 5.74) is 8.34. The van der Waals surface area contributed by atoms with Crippen molar-refractivity contribution in [1.82, 2.24) is 19.9 Å². The number of amides is 1. The van der Waals surface area contributed by atoms with Gasteiger partial charge in [-0.1, -0.05) is 36.2 Å². The highest BCUT2D eigenvalue weighted by atomic mass is 35.5. The zero-order chi connectivity index (χ0) is 18.3. The summed E-state index contributed by atoms with van der Waals surface area (Å²) in [7, 11) is 0. The summed E-state index contributed by atoms with van der Waals surface area (Å²) in [6.45, 7) is 3.61. The number of nitrogens with zero attached hydrogens (tertiary/aromatic N) is 4. The van der Waals surface area contributed by atoms with E-state index >= 15 is 0 Å². The number of benzene rings is 1. The molecular formula is C19H25Cl2N5O. The first-order chi connectivity index (χ1) is 12.6. The molecule has 3 atom stereocenters. The van der Waals surface area contributed by atoms with Crippen LogP contribution in [0.15, 0.2) is 24.3 Å². The van der Waals surface area contributed by atoms with Gasteiger partial charge in [-0.2, -0.15) is 0 Å². The third-order valence-corrected chi connectivity index (χ3v) is 5.94. The van der Waals surface area contributed by atoms with Crippen LogP contribution < -0.4 is 5.73 Å². The molecule has 2 fully saturated rings. The van der Waals surface area contributed by atoms with Crippen LogP contribution in [-0.2, 0) is 6.42 Å². The molecule has 1 aromatic carbocycles. The highest BCUT2D eigenvalue weighted by molar-refractivity contribution is 6.30. The Morgan fingerprint density at radius 2 is 2.15 bits per heavy atom. The number of carbonyl (C=O) groups is 1. The second-order valence-electron chi connectivity index (χ2n) is 7.40. The Kier molecular flexibility index (Phi) is 6.08. The fraction of sp³-hybridized carbons (Fsp3) is 0.526. The van der Waals surface area contributed by atoms with Crippen LogP contribution in [0.2, 0.25) is 5.02 Å². The molecule has 2 aliphatic rings. The Bertz CT molecular complexity index is 824. The molecule has 1 aromatic heterocycles. The van der Waals surface area contributed by atoms with Crippen LogP contribution >= 0.6 is 24.0 Å². The lowest BCUT2D eigenvalue weighted by atomic mass is 9.98. The molecule has 0 bridgehead atoms. The number of carbonyl (C=O) groups excluding carboxylic acids is 1. The van der Waals surface area contributed by atoms with Gasteiger partial charge in [0.1, 0.15) is 0 Å². The molecule has 0 spiro atoms. The quantitative estimate of drug-likeness (QED) is 0.841. The van der Waals surface area contributed by atoms with Crippen molar-refractivity contribution in [3.8, 4) is 5.69 Å². The van der Waals surface area contributed by atoms with Gasteiger partial charge in [0.15, 0.2) is 5.69 Å². The maximum absolute atomic E-state index is 13.1. The molecule has 1 saturated heterocycles. The Labute approximate surface area is 170 Å². The van der Waals surface area contributed by atoms with Gasteiger partial charge in [0.05, 0.1) is 11.4 Å². The summed E-state index contributed by atoms with van der Waals surface area (Å²) >= 11 is 6.12. The van der Waals surface area contributed by atoms with E-state index in [0.717, 1.165) is 50.2 Å². The predicted octanol–water partition coefficient (Wildman–Crippen LogP) is 3.10. The van der Waals surface area contributed by atoms with Crippen LogP contribution in [-0.4, -0.2) is 44.9 Å². The van der Waals surface area contributed by atoms with Crippen LogP contribution in [0.5, 0.6) is 0 Å². The molecule has 2 heterocycles. The molecule has 4 rings (SSSR count). The van der Waals surface area contributed by atoms with E-state index in [2.05, 4.69) is 17.2 Å². The van der Waals surface area contributed by atoms with Crippen molar-refractivity contribution in [2.75, 3.05) is 13.1 Å². The monoisotopic (exact) mass is 409 g/mol. The van der Waals surface area contributed by atoms with Crippen molar-refractivity contribution in [3.63, 3.8) is 0 Å². The van der Waals surface area contributed by atoms with Crippen LogP contribution in [0.25, 0.3) is 5.69 Å². The van der Waals surface area contributed by atoms with E-state index in [4.69, 9.17) is 17.3 Å². The molecule has 146 valence electrons. The van der Waals surface area contributed by atoms with E-state index in [-0.39, 0.29) is 24.4 Å². The van der Waals surface area contributed by atoms with Gasteiger partial charge < -0.3 is 10.6 Å². The summed E-state index contributed by atoms with van der Waals surface area (Å²) in [6.07, 6.45) is 3.83. The number of halogens is 2. The number of rotatable bonds is 4. The number of hydrogen-bond donors (Lipinski definition) is 1. The molecule has 2 N–H and O–H groups in total. The molecule has 27 heavy (non-hydrogen) atoms. The number of likely N-dealkylation sites (tertiary alicyclic amines) is 1. The van der Waals surface area contributed by atoms with Crippen LogP contribution in [0.1, 0.15) is 42.4 Å². The molecule has 1 saturated carbocycles. The first-order valence-corrected chi connectivity index (χ1v) is 9.71. The van der Waals surface area contributed by atoms with Crippen molar-refractivity contribution in [2.45, 2.75) is 38.6 Å². The number of fused-ring (bicyclic) bond motifs is 1. The maximum Gasteiger partial charge on any atom is 0.276 e. The first kappa shape index (κ1) is 20.1. The first-order valence-electron chi connectivity index (χ1n) is 9.34. The molecule has 0 radical (unpaired) electrons. The third kappa shape index (κ3) is 3.71. The topological polar surface area (TPSA) is 77.0 Å². The lowest BCUT2D eigenvalue weighted by Gasteiger charge is -2.18. The number of aromatic nitrogens is 3. The largest absolute Gasteiger partial charge is 0.337 e. The van der Waals surface area contributed by atoms with E-state index in [1.807, 2.05) is 29.2 Å². The van der Waals surface area contributed by atoms with E-state index in [9.17, 15) is 4.79 Å². The average Bonchev–Trinajstić information content (AvgIpc) is 3.31. The Balaban J connectivity index is 0.00000210. The van der Waals surface area contributed by atoms with Crippen molar-refractivity contribution in [1.29, 1.82) is 0 Å². The zero-order valence-corrected chi connectivity index (χ0v) is 16.9. The van der Waals surface area contributed by atoms with Gasteiger partial charge in [0.25, 0.3) is 5.91 Å². The SMILES string of the molecule is CCCc1c(C(=O)N2CC3CCC(N)C3C2)nnn1-c1cccc(Cl)c1.Cl. The number of nitrogens with two attached hydrogens (primary N) is 1. The second kappa shape index (κ2) is 8.17. The lowest BCUT2D eigenvalue weighted by molar-refractivity contribution is 0.0772. The van der Waals surface area contributed by atoms with Crippen LogP contribution in [0.4, 0.5) is 0 Å². The molecule has 1 amide bonds. The Hall–Kier alpha value is -1.63. The van der Waals surface area contributed by atoms with Crippen molar-refractivity contribution in [3.05, 3.63) is 40.7 Å². The molecule has 8 heteroatoms. The average molecular weight is 410 g/mol. The van der Waals surface area contributed by atoms with Gasteiger partial charge in [-0.15, -0.1) is 17.5 Å². The summed E-state index contributed by atoms with van der Waals surface area (Å²) in [4.78, 5) is 15.1. The number of hydrogen-bond acceptors (Lipinski definition) is 4. The Morgan fingerprint density at radius 3 is 2.85 bits per heavy atom. The minimum atomic E-state index is -0.0247. The smallest absolute Gasteiger partial charge is 0.276 e. The van der Waals surface area contributed by atoms with E-state index in [1.165, 1.54) is 0 Å². The van der Waals surface area contributed by atoms with Gasteiger partial charge in [-0.25, -0.2) is 4.68 Å². The van der Waals surface area contributed by atoms with Gasteiger partial charge in [-0.3, -0.25) is 4.79 Å². The van der Waals surface area contributed by atoms with E-state index < -0.39 is 0 Å². The summed E-state index contributed by atoms with van der Waals surface area (Å²) in [6, 6.07) is 7.67. The minimum Gasteiger partial charge on any atom is -0.337 e. The molecular weight excluding hydrogens is 385 g/mol. The second-order valence-corrected chi connectivity index (χ2v) is 7.84. The fourth-order valence-corrected chi connectivity index (χ4v) is 4.55. The van der Waals surface area contributed by atoms with Crippen molar-refractivity contribution < 1.29 is 4.79 Å². The molecule has 1 aliphatic heterocycles. The van der Waals surface area contributed by atoms with Crippen molar-refractivity contribution in [2.24, 2.45) is 17.6 Å². The molecule has 6 nitrogen and oxygen atoms in total. The van der Waals surface area contributed by atoms with Crippen LogP contribution in [0, 0.1) is 11.8 Å². The lowest BCUT2D eigenvalue weighted by Crippen LogP contribution is -2.34. The molecule has 2 aromatic rings. The van der Waals surface area contributed by atoms with Gasteiger partial charge in [0.2, 0.25) is 0 Å². The van der Waals surface area contributed by atoms with E-state index in [0.29, 0.717) is 22.6 Å². The zero-order valence-electron chi connectivity index (χ0n) is 15.3. The molecule has 1 aliphatic carbocycles. The van der Waals surface area contributed by atoms with Gasteiger partial charge in [0, 0.05) is 24.2 Å². The summed E-state index contributed by atoms with van der Waals surface area (Å²) in [5, 5.41) is 9.14. The fourth-order valence-electron chi connectivity index (χ4n) is 4.37. The molecule has 3 unspecified atom stereocenters. The third-order valence-electron chi connectivity index (χ3n) is 5.70. The van der Waals surface area contributed by atoms with Gasteiger partial charge >= 0.3 is 0 Å². The minimum absolute atomic E-state index is 0. The standard InChI is InChI=1S/C19H24ClN5O.ClH/c1-2-4-17-18(22-23-25(17)14-6-3-5-13(20)9-14)19(26)24-10-12-7-8-16(21)15(12)11-24;/h3,5-6,9,12,15-16H,2,4,7-8,10-11,21H2,1H3;1H. The highest BCUT2D eigenvalue weighted by Gasteiger charge is 2.43. The summed E-state index contributed by atoms with van der Waals surface area (Å²) in [5.74, 6) is 0.937.